The largest absolute Gasteiger partial charge is 0.480 e. The molecule has 0 aliphatic carbocycles. The number of methoxy groups -OCH3 is 1. The Bertz CT molecular complexity index is 518. The molecular weight excluding hydrogens is 340 g/mol. The Kier molecular flexibility index (Phi) is 4.87. The van der Waals surface area contributed by atoms with Gasteiger partial charge in [-0.05, 0) is 28.8 Å². The van der Waals surface area contributed by atoms with Crippen LogP contribution in [-0.2, 0) is 4.74 Å². The molecule has 0 bridgehead atoms. The number of halogens is 1. The maximum atomic E-state index is 10.7. The van der Waals surface area contributed by atoms with Gasteiger partial charge in [-0.15, -0.1) is 0 Å². The van der Waals surface area contributed by atoms with Gasteiger partial charge in [-0.3, -0.25) is 0 Å². The van der Waals surface area contributed by atoms with Gasteiger partial charge in [0.05, 0.1) is 24.4 Å². The van der Waals surface area contributed by atoms with Gasteiger partial charge in [0.25, 0.3) is 0 Å². The number of primary amides is 1. The fourth-order valence-corrected chi connectivity index (χ4v) is 2.63. The third-order valence-corrected chi connectivity index (χ3v) is 4.25. The Morgan fingerprint density at radius 2 is 2.19 bits per heavy atom. The molecule has 7 nitrogen and oxygen atoms in total. The third kappa shape index (κ3) is 3.96. The highest BCUT2D eigenvalue weighted by Crippen LogP contribution is 2.33. The van der Waals surface area contributed by atoms with Crippen LogP contribution in [0, 0.1) is 5.41 Å². The van der Waals surface area contributed by atoms with Gasteiger partial charge >= 0.3 is 6.09 Å². The third-order valence-electron chi connectivity index (χ3n) is 3.71. The number of piperidine rings is 1. The number of nitrogens with two attached hydrogens (primary N) is 1. The average Bonchev–Trinajstić information content (AvgIpc) is 2.47. The van der Waals surface area contributed by atoms with Crippen molar-refractivity contribution in [3.8, 4) is 5.88 Å². The maximum absolute atomic E-state index is 10.7. The van der Waals surface area contributed by atoms with E-state index in [0.29, 0.717) is 18.4 Å². The molecule has 0 radical (unpaired) electrons. The van der Waals surface area contributed by atoms with Crippen LogP contribution in [-0.4, -0.2) is 42.9 Å². The Hall–Kier alpha value is -1.57. The second kappa shape index (κ2) is 6.46. The first-order chi connectivity index (χ1) is 9.93. The molecular formula is C13H19BrN4O3. The van der Waals surface area contributed by atoms with E-state index < -0.39 is 6.09 Å². The first-order valence-electron chi connectivity index (χ1n) is 6.67. The topological polar surface area (TPSA) is 90.6 Å². The molecule has 1 aromatic rings. The van der Waals surface area contributed by atoms with Gasteiger partial charge in [-0.25, -0.2) is 9.78 Å². The monoisotopic (exact) mass is 358 g/mol. The van der Waals surface area contributed by atoms with Crippen LogP contribution in [0.4, 0.5) is 10.7 Å². The summed E-state index contributed by atoms with van der Waals surface area (Å²) in [5, 5.41) is 0. The Morgan fingerprint density at radius 1 is 1.52 bits per heavy atom. The van der Waals surface area contributed by atoms with Crippen molar-refractivity contribution in [2.75, 3.05) is 31.7 Å². The molecule has 1 amide bonds. The van der Waals surface area contributed by atoms with Gasteiger partial charge < -0.3 is 20.1 Å². The molecule has 21 heavy (non-hydrogen) atoms. The first kappa shape index (κ1) is 15.8. The van der Waals surface area contributed by atoms with Crippen molar-refractivity contribution >= 4 is 28.0 Å². The lowest BCUT2D eigenvalue weighted by atomic mass is 9.81. The Morgan fingerprint density at radius 3 is 2.76 bits per heavy atom. The zero-order valence-electron chi connectivity index (χ0n) is 12.1. The van der Waals surface area contributed by atoms with Crippen LogP contribution < -0.4 is 15.4 Å². The van der Waals surface area contributed by atoms with Crippen LogP contribution in [0.3, 0.4) is 0 Å². The van der Waals surface area contributed by atoms with Crippen LogP contribution in [0.2, 0.25) is 0 Å². The van der Waals surface area contributed by atoms with Crippen molar-refractivity contribution in [3.63, 3.8) is 0 Å². The average molecular weight is 359 g/mol. The minimum atomic E-state index is -0.723. The number of hydrogen-bond acceptors (Lipinski definition) is 6. The maximum Gasteiger partial charge on any atom is 0.404 e. The van der Waals surface area contributed by atoms with Crippen molar-refractivity contribution in [1.82, 2.24) is 9.97 Å². The quantitative estimate of drug-likeness (QED) is 0.884. The van der Waals surface area contributed by atoms with Gasteiger partial charge in [-0.2, -0.15) is 4.98 Å². The SMILES string of the molecule is COc1nc(N2CCC(C)(COC(N)=O)CC2)ncc1Br. The molecule has 0 saturated carbocycles. The number of nitrogens with zero attached hydrogens (tertiary/aromatic N) is 3. The molecule has 1 fully saturated rings. The molecule has 0 atom stereocenters. The normalized spacial score (nSPS) is 17.4. The van der Waals surface area contributed by atoms with Crippen LogP contribution >= 0.6 is 15.9 Å². The zero-order valence-corrected chi connectivity index (χ0v) is 13.7. The van der Waals surface area contributed by atoms with E-state index in [4.69, 9.17) is 15.2 Å². The van der Waals surface area contributed by atoms with Crippen molar-refractivity contribution in [3.05, 3.63) is 10.7 Å². The predicted octanol–water partition coefficient (Wildman–Crippen LogP) is 1.95. The zero-order chi connectivity index (χ0) is 15.5. The number of ether oxygens (including phenoxy) is 2. The molecule has 2 rings (SSSR count). The van der Waals surface area contributed by atoms with E-state index in [9.17, 15) is 4.79 Å². The fraction of sp³-hybridized carbons (Fsp3) is 0.615. The second-order valence-corrected chi connectivity index (χ2v) is 6.29. The van der Waals surface area contributed by atoms with E-state index in [1.807, 2.05) is 0 Å². The first-order valence-corrected chi connectivity index (χ1v) is 7.46. The van der Waals surface area contributed by atoms with E-state index in [1.165, 1.54) is 0 Å². The molecule has 0 unspecified atom stereocenters. The number of aromatic nitrogens is 2. The van der Waals surface area contributed by atoms with Crippen LogP contribution in [0.15, 0.2) is 10.7 Å². The van der Waals surface area contributed by atoms with Gasteiger partial charge in [0, 0.05) is 18.5 Å². The van der Waals surface area contributed by atoms with E-state index in [-0.39, 0.29) is 5.41 Å². The molecule has 2 N–H and O–H groups in total. The summed E-state index contributed by atoms with van der Waals surface area (Å²) in [6, 6.07) is 0. The Labute approximate surface area is 132 Å². The standard InChI is InChI=1S/C13H19BrN4O3/c1-13(8-21-11(15)19)3-5-18(6-4-13)12-16-7-9(14)10(17-12)20-2/h7H,3-6,8H2,1-2H3,(H2,15,19). The summed E-state index contributed by atoms with van der Waals surface area (Å²) in [5.74, 6) is 1.17. The van der Waals surface area contributed by atoms with Crippen molar-refractivity contribution in [1.29, 1.82) is 0 Å². The number of carbonyl (C=O) groups excluding carboxylic acids is 1. The predicted molar refractivity (Wildman–Crippen MR) is 81.4 cm³/mol. The molecule has 0 aromatic carbocycles. The van der Waals surface area contributed by atoms with Crippen LogP contribution in [0.25, 0.3) is 0 Å². The highest BCUT2D eigenvalue weighted by molar-refractivity contribution is 9.10. The summed E-state index contributed by atoms with van der Waals surface area (Å²) >= 11 is 3.34. The molecule has 116 valence electrons. The van der Waals surface area contributed by atoms with E-state index in [1.54, 1.807) is 13.3 Å². The number of hydrogen-bond donors (Lipinski definition) is 1. The lowest BCUT2D eigenvalue weighted by Crippen LogP contribution is -2.42. The summed E-state index contributed by atoms with van der Waals surface area (Å²) in [7, 11) is 1.57. The van der Waals surface area contributed by atoms with Crippen LogP contribution in [0.5, 0.6) is 5.88 Å². The summed E-state index contributed by atoms with van der Waals surface area (Å²) in [6.07, 6.45) is 2.72. The van der Waals surface area contributed by atoms with Gasteiger partial charge in [0.1, 0.15) is 0 Å². The van der Waals surface area contributed by atoms with Gasteiger partial charge in [0.15, 0.2) is 0 Å². The minimum Gasteiger partial charge on any atom is -0.480 e. The molecule has 1 aromatic heterocycles. The lowest BCUT2D eigenvalue weighted by molar-refractivity contribution is 0.0817. The molecule has 1 aliphatic heterocycles. The molecule has 2 heterocycles. The van der Waals surface area contributed by atoms with E-state index in [2.05, 4.69) is 37.7 Å². The Balaban J connectivity index is 1.99. The number of amides is 1. The molecule has 8 heteroatoms. The highest BCUT2D eigenvalue weighted by Gasteiger charge is 2.32. The van der Waals surface area contributed by atoms with E-state index >= 15 is 0 Å². The van der Waals surface area contributed by atoms with Crippen LogP contribution in [0.1, 0.15) is 19.8 Å². The summed E-state index contributed by atoms with van der Waals surface area (Å²) in [5.41, 5.74) is 4.97. The molecule has 1 aliphatic rings. The summed E-state index contributed by atoms with van der Waals surface area (Å²) < 4.78 is 10.9. The number of rotatable bonds is 4. The number of carbonyl (C=O) groups is 1. The van der Waals surface area contributed by atoms with Crippen molar-refractivity contribution in [2.24, 2.45) is 11.1 Å². The molecule has 0 spiro atoms. The summed E-state index contributed by atoms with van der Waals surface area (Å²) in [4.78, 5) is 21.5. The summed E-state index contributed by atoms with van der Waals surface area (Å²) in [6.45, 7) is 4.03. The van der Waals surface area contributed by atoms with Crippen molar-refractivity contribution in [2.45, 2.75) is 19.8 Å². The number of anilines is 1. The fourth-order valence-electron chi connectivity index (χ4n) is 2.27. The molecule has 1 saturated heterocycles. The second-order valence-electron chi connectivity index (χ2n) is 5.43. The smallest absolute Gasteiger partial charge is 0.404 e. The van der Waals surface area contributed by atoms with Gasteiger partial charge in [-0.1, -0.05) is 6.92 Å². The highest BCUT2D eigenvalue weighted by atomic mass is 79.9. The van der Waals surface area contributed by atoms with E-state index in [0.717, 1.165) is 30.4 Å². The lowest BCUT2D eigenvalue weighted by Gasteiger charge is -2.38. The van der Waals surface area contributed by atoms with Crippen molar-refractivity contribution < 1.29 is 14.3 Å². The minimum absolute atomic E-state index is 0.0506. The van der Waals surface area contributed by atoms with Gasteiger partial charge in [0.2, 0.25) is 11.8 Å².